The van der Waals surface area contributed by atoms with Gasteiger partial charge in [-0.25, -0.2) is 26.9 Å². The number of anilines is 2. The van der Waals surface area contributed by atoms with Gasteiger partial charge in [0.15, 0.2) is 23.3 Å². The third-order valence-corrected chi connectivity index (χ3v) is 4.64. The lowest BCUT2D eigenvalue weighted by Gasteiger charge is -2.26. The number of halogens is 6. The summed E-state index contributed by atoms with van der Waals surface area (Å²) in [5.74, 6) is -11.1. The van der Waals surface area contributed by atoms with Crippen molar-refractivity contribution in [2.24, 2.45) is 0 Å². The Balaban J connectivity index is 1.86. The van der Waals surface area contributed by atoms with Gasteiger partial charge in [0.25, 0.3) is 5.91 Å². The Labute approximate surface area is 165 Å². The fourth-order valence-corrected chi connectivity index (χ4v) is 3.19. The lowest BCUT2D eigenvalue weighted by molar-refractivity contribution is 0.0992. The molecule has 0 bridgehead atoms. The van der Waals surface area contributed by atoms with Crippen LogP contribution < -0.4 is 10.2 Å². The summed E-state index contributed by atoms with van der Waals surface area (Å²) in [4.78, 5) is 17.9. The van der Waals surface area contributed by atoms with Gasteiger partial charge in [-0.05, 0) is 18.2 Å². The minimum atomic E-state index is -2.27. The molecule has 0 unspecified atom stereocenters. The molecule has 0 fully saturated rings. The molecule has 0 spiro atoms. The number of aromatic nitrogens is 1. The van der Waals surface area contributed by atoms with Crippen LogP contribution in [0.5, 0.6) is 0 Å². The van der Waals surface area contributed by atoms with Gasteiger partial charge in [-0.2, -0.15) is 0 Å². The van der Waals surface area contributed by atoms with Crippen LogP contribution in [0.1, 0.15) is 22.1 Å². The van der Waals surface area contributed by atoms with E-state index in [2.05, 4.69) is 10.3 Å². The minimum absolute atomic E-state index is 0.0666. The van der Waals surface area contributed by atoms with Gasteiger partial charge in [-0.1, -0.05) is 29.8 Å². The monoisotopic (exact) mass is 425 g/mol. The molecule has 1 aliphatic heterocycles. The Morgan fingerprint density at radius 2 is 1.52 bits per heavy atom. The van der Waals surface area contributed by atoms with Crippen molar-refractivity contribution < 1.29 is 26.7 Å². The molecule has 3 aromatic rings. The number of amides is 1. The van der Waals surface area contributed by atoms with E-state index in [1.54, 1.807) is 12.1 Å². The average molecular weight is 426 g/mol. The van der Waals surface area contributed by atoms with Crippen molar-refractivity contribution in [3.05, 3.63) is 87.8 Å². The molecule has 1 atom stereocenters. The molecule has 0 aliphatic carbocycles. The lowest BCUT2D eigenvalue weighted by Crippen LogP contribution is -2.33. The maximum atomic E-state index is 14.2. The summed E-state index contributed by atoms with van der Waals surface area (Å²) in [6.07, 6.45) is -0.0246. The van der Waals surface area contributed by atoms with Crippen molar-refractivity contribution in [1.29, 1.82) is 0 Å². The Kier molecular flexibility index (Phi) is 4.62. The summed E-state index contributed by atoms with van der Waals surface area (Å²) in [7, 11) is 0. The largest absolute Gasteiger partial charge is 0.356 e. The Bertz CT molecular complexity index is 1110. The maximum absolute atomic E-state index is 14.2. The molecule has 1 amide bonds. The molecule has 0 radical (unpaired) electrons. The summed E-state index contributed by atoms with van der Waals surface area (Å²) >= 11 is 5.80. The van der Waals surface area contributed by atoms with Crippen LogP contribution in [0.4, 0.5) is 33.5 Å². The molecule has 0 saturated carbocycles. The number of nitrogens with one attached hydrogen (secondary N) is 1. The van der Waals surface area contributed by atoms with Gasteiger partial charge >= 0.3 is 0 Å². The van der Waals surface area contributed by atoms with Crippen LogP contribution in [0, 0.1) is 29.1 Å². The summed E-state index contributed by atoms with van der Waals surface area (Å²) in [6.45, 7) is 0. The highest BCUT2D eigenvalue weighted by Crippen LogP contribution is 2.39. The molecule has 2 aromatic carbocycles. The van der Waals surface area contributed by atoms with Gasteiger partial charge in [0.1, 0.15) is 17.7 Å². The zero-order chi connectivity index (χ0) is 20.9. The number of nitrogens with zero attached hydrogens (tertiary/aromatic N) is 2. The van der Waals surface area contributed by atoms with E-state index in [-0.39, 0.29) is 22.0 Å². The molecule has 4 rings (SSSR count). The van der Waals surface area contributed by atoms with E-state index in [0.717, 1.165) is 4.90 Å². The van der Waals surface area contributed by atoms with E-state index >= 15 is 0 Å². The maximum Gasteiger partial charge on any atom is 0.261 e. The molecule has 148 valence electrons. The molecule has 1 aromatic heterocycles. The first-order valence-corrected chi connectivity index (χ1v) is 8.51. The first kappa shape index (κ1) is 19.1. The zero-order valence-corrected chi connectivity index (χ0v) is 14.9. The van der Waals surface area contributed by atoms with E-state index in [9.17, 15) is 26.7 Å². The smallest absolute Gasteiger partial charge is 0.261 e. The van der Waals surface area contributed by atoms with Crippen LogP contribution in [0.15, 0.2) is 42.6 Å². The van der Waals surface area contributed by atoms with E-state index in [1.807, 2.05) is 0 Å². The fourth-order valence-electron chi connectivity index (χ4n) is 3.07. The van der Waals surface area contributed by atoms with Gasteiger partial charge < -0.3 is 5.32 Å². The molecular formula is C19H9ClF5N3O. The molecule has 0 saturated heterocycles. The number of fused-ring (bicyclic) bond motifs is 1. The highest BCUT2D eigenvalue weighted by molar-refractivity contribution is 6.30. The number of carbonyl (C=O) groups is 1. The molecule has 1 aliphatic rings. The SMILES string of the molecule is O=C1c2ccccc2[C@H](Nc2c(F)c(F)c(F)c(F)c2F)N1c1ccc(Cl)cn1. The van der Waals surface area contributed by atoms with Crippen LogP contribution in [-0.4, -0.2) is 10.9 Å². The topological polar surface area (TPSA) is 45.2 Å². The van der Waals surface area contributed by atoms with E-state index in [0.29, 0.717) is 0 Å². The van der Waals surface area contributed by atoms with Gasteiger partial charge in [-0.3, -0.25) is 9.69 Å². The third kappa shape index (κ3) is 2.98. The number of hydrogen-bond donors (Lipinski definition) is 1. The Hall–Kier alpha value is -3.20. The van der Waals surface area contributed by atoms with E-state index < -0.39 is 46.8 Å². The van der Waals surface area contributed by atoms with E-state index in [1.165, 1.54) is 30.5 Å². The lowest BCUT2D eigenvalue weighted by atomic mass is 10.1. The number of benzene rings is 2. The van der Waals surface area contributed by atoms with Crippen molar-refractivity contribution in [2.75, 3.05) is 10.2 Å². The predicted octanol–water partition coefficient (Wildman–Crippen LogP) is 5.20. The summed E-state index contributed by atoms with van der Waals surface area (Å²) < 4.78 is 68.9. The second-order valence-electron chi connectivity index (χ2n) is 6.09. The first-order chi connectivity index (χ1) is 13.8. The number of pyridine rings is 1. The average Bonchev–Trinajstić information content (AvgIpc) is 3.01. The predicted molar refractivity (Wildman–Crippen MR) is 95.1 cm³/mol. The summed E-state index contributed by atoms with van der Waals surface area (Å²) in [5, 5.41) is 2.55. The molecular weight excluding hydrogens is 417 g/mol. The summed E-state index contributed by atoms with van der Waals surface area (Å²) in [6, 6.07) is 8.94. The number of carbonyl (C=O) groups excluding carboxylic acids is 1. The third-order valence-electron chi connectivity index (χ3n) is 4.41. The van der Waals surface area contributed by atoms with Crippen molar-refractivity contribution in [1.82, 2.24) is 4.98 Å². The highest BCUT2D eigenvalue weighted by atomic mass is 35.5. The quantitative estimate of drug-likeness (QED) is 0.356. The van der Waals surface area contributed by atoms with Crippen molar-refractivity contribution in [3.63, 3.8) is 0 Å². The second kappa shape index (κ2) is 7.00. The second-order valence-corrected chi connectivity index (χ2v) is 6.53. The normalized spacial score (nSPS) is 15.6. The van der Waals surface area contributed by atoms with Crippen LogP contribution in [-0.2, 0) is 0 Å². The van der Waals surface area contributed by atoms with E-state index in [4.69, 9.17) is 11.6 Å². The van der Waals surface area contributed by atoms with Gasteiger partial charge in [0.05, 0.1) is 5.02 Å². The van der Waals surface area contributed by atoms with Gasteiger partial charge in [-0.15, -0.1) is 0 Å². The van der Waals surface area contributed by atoms with Crippen molar-refractivity contribution >= 4 is 29.0 Å². The molecule has 1 N–H and O–H groups in total. The van der Waals surface area contributed by atoms with Crippen molar-refractivity contribution in [2.45, 2.75) is 6.17 Å². The van der Waals surface area contributed by atoms with Gasteiger partial charge in [0.2, 0.25) is 5.82 Å². The zero-order valence-electron chi connectivity index (χ0n) is 14.2. The molecule has 29 heavy (non-hydrogen) atoms. The van der Waals surface area contributed by atoms with Crippen LogP contribution in [0.2, 0.25) is 5.02 Å². The minimum Gasteiger partial charge on any atom is -0.356 e. The van der Waals surface area contributed by atoms with Crippen LogP contribution >= 0.6 is 11.6 Å². The number of rotatable bonds is 3. The molecule has 4 nitrogen and oxygen atoms in total. The molecule has 2 heterocycles. The van der Waals surface area contributed by atoms with Crippen LogP contribution in [0.3, 0.4) is 0 Å². The fraction of sp³-hybridized carbons (Fsp3) is 0.0526. The summed E-state index contributed by atoms with van der Waals surface area (Å²) in [5.41, 5.74) is -0.793. The number of hydrogen-bond acceptors (Lipinski definition) is 3. The highest BCUT2D eigenvalue weighted by Gasteiger charge is 2.40. The van der Waals surface area contributed by atoms with Crippen molar-refractivity contribution in [3.8, 4) is 0 Å². The standard InChI is InChI=1S/C19H9ClF5N3O/c20-8-5-6-11(26-7-8)28-18(9-3-1-2-4-10(9)19(28)29)27-17-15(24)13(22)12(21)14(23)16(17)25/h1-7,18,27H/t18-/m1/s1. The molecule has 10 heteroatoms. The van der Waals surface area contributed by atoms with Gasteiger partial charge in [0, 0.05) is 17.3 Å². The Morgan fingerprint density at radius 3 is 2.14 bits per heavy atom. The van der Waals surface area contributed by atoms with Crippen LogP contribution in [0.25, 0.3) is 0 Å². The first-order valence-electron chi connectivity index (χ1n) is 8.13. The Morgan fingerprint density at radius 1 is 0.897 bits per heavy atom.